The Hall–Kier alpha value is -3.35. The predicted molar refractivity (Wildman–Crippen MR) is 87.6 cm³/mol. The highest BCUT2D eigenvalue weighted by atomic mass is 19.4. The van der Waals surface area contributed by atoms with Crippen molar-refractivity contribution in [3.63, 3.8) is 0 Å². The second kappa shape index (κ2) is 7.58. The molecule has 0 N–H and O–H groups in total. The maximum Gasteiger partial charge on any atom is 0.451 e. The molecule has 0 radical (unpaired) electrons. The lowest BCUT2D eigenvalue weighted by atomic mass is 10.3. The average Bonchev–Trinajstić information content (AvgIpc) is 3.35. The zero-order chi connectivity index (χ0) is 20.4. The molecule has 4 heterocycles. The van der Waals surface area contributed by atoms with Gasteiger partial charge in [-0.25, -0.2) is 0 Å². The summed E-state index contributed by atoms with van der Waals surface area (Å²) in [5.74, 6) is -0.838. The fourth-order valence-electron chi connectivity index (χ4n) is 2.82. The summed E-state index contributed by atoms with van der Waals surface area (Å²) in [5.41, 5.74) is 0.675. The van der Waals surface area contributed by atoms with Crippen LogP contribution in [0.4, 0.5) is 13.2 Å². The van der Waals surface area contributed by atoms with E-state index in [2.05, 4.69) is 25.3 Å². The molecule has 0 aromatic carbocycles. The zero-order valence-electron chi connectivity index (χ0n) is 14.8. The molecule has 0 saturated carbocycles. The van der Waals surface area contributed by atoms with Crippen LogP contribution in [0.15, 0.2) is 29.0 Å². The lowest BCUT2D eigenvalue weighted by Crippen LogP contribution is -2.41. The van der Waals surface area contributed by atoms with Crippen LogP contribution in [0.2, 0.25) is 0 Å². The van der Waals surface area contributed by atoms with Crippen LogP contribution in [-0.2, 0) is 35.4 Å². The molecule has 4 rings (SSSR count). The number of rotatable bonds is 5. The summed E-state index contributed by atoms with van der Waals surface area (Å²) in [7, 11) is 0. The molecule has 0 spiro atoms. The third kappa shape index (κ3) is 4.08. The number of hydrogen-bond acceptors (Lipinski definition) is 8. The Bertz CT molecular complexity index is 1000. The zero-order valence-corrected chi connectivity index (χ0v) is 14.8. The van der Waals surface area contributed by atoms with Crippen LogP contribution in [-0.4, -0.2) is 53.8 Å². The number of ether oxygens (including phenoxy) is 1. The number of carbonyl (C=O) groups excluding carboxylic acids is 1. The Labute approximate surface area is 161 Å². The first kappa shape index (κ1) is 19.0. The lowest BCUT2D eigenvalue weighted by Gasteiger charge is -2.27. The Morgan fingerprint density at radius 1 is 1.28 bits per heavy atom. The van der Waals surface area contributed by atoms with Gasteiger partial charge in [0, 0.05) is 31.0 Å². The van der Waals surface area contributed by atoms with Crippen molar-refractivity contribution < 1.29 is 27.2 Å². The topological polar surface area (TPSA) is 112 Å². The van der Waals surface area contributed by atoms with E-state index in [4.69, 9.17) is 9.26 Å². The minimum absolute atomic E-state index is 0.0406. The van der Waals surface area contributed by atoms with Gasteiger partial charge in [-0.3, -0.25) is 9.78 Å². The van der Waals surface area contributed by atoms with Crippen LogP contribution in [0, 0.1) is 0 Å². The largest absolute Gasteiger partial charge is 0.451 e. The van der Waals surface area contributed by atoms with Crippen molar-refractivity contribution in [3.8, 4) is 11.4 Å². The Kier molecular flexibility index (Phi) is 4.96. The Morgan fingerprint density at radius 2 is 2.14 bits per heavy atom. The maximum absolute atomic E-state index is 12.9. The molecule has 1 aliphatic heterocycles. The number of aromatic nitrogens is 6. The van der Waals surface area contributed by atoms with E-state index in [1.807, 2.05) is 0 Å². The molecule has 152 valence electrons. The molecular weight excluding hydrogens is 395 g/mol. The van der Waals surface area contributed by atoms with Crippen molar-refractivity contribution in [1.29, 1.82) is 0 Å². The van der Waals surface area contributed by atoms with Gasteiger partial charge >= 0.3 is 6.18 Å². The van der Waals surface area contributed by atoms with Crippen LogP contribution < -0.4 is 0 Å². The van der Waals surface area contributed by atoms with E-state index in [0.29, 0.717) is 11.4 Å². The summed E-state index contributed by atoms with van der Waals surface area (Å²) in [6.45, 7) is -0.383. The standard InChI is InChI=1S/C16H14F3N7O3/c17-16(18,19)15-23-22-11-7-25(4-5-26(11)15)13(27)9-28-8-12-21-14(24-29-12)10-2-1-3-20-6-10/h1-3,6H,4-5,7-9H2. The number of hydrogen-bond donors (Lipinski definition) is 0. The number of halogens is 3. The number of fused-ring (bicyclic) bond motifs is 1. The predicted octanol–water partition coefficient (Wildman–Crippen LogP) is 1.30. The maximum atomic E-state index is 12.9. The summed E-state index contributed by atoms with van der Waals surface area (Å²) in [6, 6.07) is 3.50. The lowest BCUT2D eigenvalue weighted by molar-refractivity contribution is -0.148. The normalized spacial score (nSPS) is 14.1. The van der Waals surface area contributed by atoms with Crippen molar-refractivity contribution in [1.82, 2.24) is 34.8 Å². The van der Waals surface area contributed by atoms with Crippen LogP contribution >= 0.6 is 0 Å². The minimum atomic E-state index is -4.58. The Balaban J connectivity index is 1.30. The van der Waals surface area contributed by atoms with Gasteiger partial charge in [-0.05, 0) is 12.1 Å². The molecule has 3 aromatic rings. The first-order valence-corrected chi connectivity index (χ1v) is 8.49. The summed E-state index contributed by atoms with van der Waals surface area (Å²) in [5, 5.41) is 10.5. The van der Waals surface area contributed by atoms with E-state index in [-0.39, 0.29) is 50.5 Å². The van der Waals surface area contributed by atoms with E-state index in [0.717, 1.165) is 4.57 Å². The highest BCUT2D eigenvalue weighted by molar-refractivity contribution is 5.77. The van der Waals surface area contributed by atoms with Gasteiger partial charge in [0.25, 0.3) is 5.89 Å². The van der Waals surface area contributed by atoms with Crippen molar-refractivity contribution in [3.05, 3.63) is 42.1 Å². The second-order valence-corrected chi connectivity index (χ2v) is 6.15. The fraction of sp³-hybridized carbons (Fsp3) is 0.375. The van der Waals surface area contributed by atoms with E-state index < -0.39 is 12.0 Å². The molecule has 1 aliphatic rings. The summed E-state index contributed by atoms with van der Waals surface area (Å²) < 4.78 is 49.9. The minimum Gasteiger partial charge on any atom is -0.362 e. The van der Waals surface area contributed by atoms with Crippen LogP contribution in [0.25, 0.3) is 11.4 Å². The van der Waals surface area contributed by atoms with E-state index in [9.17, 15) is 18.0 Å². The average molecular weight is 409 g/mol. The van der Waals surface area contributed by atoms with Gasteiger partial charge in [0.15, 0.2) is 5.82 Å². The van der Waals surface area contributed by atoms with Gasteiger partial charge in [-0.15, -0.1) is 10.2 Å². The van der Waals surface area contributed by atoms with Crippen molar-refractivity contribution in [2.75, 3.05) is 13.2 Å². The monoisotopic (exact) mass is 409 g/mol. The van der Waals surface area contributed by atoms with Gasteiger partial charge < -0.3 is 18.7 Å². The highest BCUT2D eigenvalue weighted by Crippen LogP contribution is 2.29. The molecule has 0 fully saturated rings. The fourth-order valence-corrected chi connectivity index (χ4v) is 2.82. The first-order chi connectivity index (χ1) is 13.9. The van der Waals surface area contributed by atoms with Crippen LogP contribution in [0.3, 0.4) is 0 Å². The first-order valence-electron chi connectivity index (χ1n) is 8.49. The van der Waals surface area contributed by atoms with E-state index in [1.165, 1.54) is 4.90 Å². The van der Waals surface area contributed by atoms with Crippen molar-refractivity contribution in [2.45, 2.75) is 25.9 Å². The van der Waals surface area contributed by atoms with Gasteiger partial charge in [-0.2, -0.15) is 18.2 Å². The highest BCUT2D eigenvalue weighted by Gasteiger charge is 2.39. The number of alkyl halides is 3. The van der Waals surface area contributed by atoms with Gasteiger partial charge in [0.05, 0.1) is 6.54 Å². The number of pyridine rings is 1. The molecule has 10 nitrogen and oxygen atoms in total. The quantitative estimate of drug-likeness (QED) is 0.620. The smallest absolute Gasteiger partial charge is 0.362 e. The molecule has 3 aromatic heterocycles. The van der Waals surface area contributed by atoms with Gasteiger partial charge in [0.1, 0.15) is 13.2 Å². The molecule has 0 aliphatic carbocycles. The van der Waals surface area contributed by atoms with Gasteiger partial charge in [0.2, 0.25) is 17.6 Å². The third-order valence-corrected chi connectivity index (χ3v) is 4.20. The summed E-state index contributed by atoms with van der Waals surface area (Å²) in [6.07, 6.45) is -1.39. The molecule has 0 saturated heterocycles. The van der Waals surface area contributed by atoms with E-state index in [1.54, 1.807) is 24.5 Å². The van der Waals surface area contributed by atoms with Crippen molar-refractivity contribution in [2.24, 2.45) is 0 Å². The molecular formula is C16H14F3N7O3. The van der Waals surface area contributed by atoms with Crippen LogP contribution in [0.5, 0.6) is 0 Å². The summed E-state index contributed by atoms with van der Waals surface area (Å²) in [4.78, 5) is 21.7. The van der Waals surface area contributed by atoms with Crippen LogP contribution in [0.1, 0.15) is 17.5 Å². The second-order valence-electron chi connectivity index (χ2n) is 6.15. The number of carbonyl (C=O) groups is 1. The van der Waals surface area contributed by atoms with Crippen molar-refractivity contribution >= 4 is 5.91 Å². The van der Waals surface area contributed by atoms with E-state index >= 15 is 0 Å². The molecule has 13 heteroatoms. The Morgan fingerprint density at radius 3 is 2.90 bits per heavy atom. The number of nitrogens with zero attached hydrogens (tertiary/aromatic N) is 7. The molecule has 29 heavy (non-hydrogen) atoms. The molecule has 0 atom stereocenters. The summed E-state index contributed by atoms with van der Waals surface area (Å²) >= 11 is 0. The third-order valence-electron chi connectivity index (χ3n) is 4.20. The van der Waals surface area contributed by atoms with Gasteiger partial charge in [-0.1, -0.05) is 5.16 Å². The molecule has 1 amide bonds. The molecule has 0 unspecified atom stereocenters. The number of amides is 1. The molecule has 0 bridgehead atoms. The SMILES string of the molecule is O=C(COCc1nc(-c2cccnc2)no1)N1CCn2c(nnc2C(F)(F)F)C1.